The molecule has 0 bridgehead atoms. The zero-order valence-corrected chi connectivity index (χ0v) is 5.28. The van der Waals surface area contributed by atoms with Crippen LogP contribution in [-0.4, -0.2) is 0 Å². The van der Waals surface area contributed by atoms with Crippen molar-refractivity contribution in [3.63, 3.8) is 0 Å². The van der Waals surface area contributed by atoms with Gasteiger partial charge in [-0.2, -0.15) is 0 Å². The summed E-state index contributed by atoms with van der Waals surface area (Å²) in [6.07, 6.45) is 8.00. The van der Waals surface area contributed by atoms with E-state index >= 15 is 0 Å². The Bertz CT molecular complexity index is 15.5. The van der Waals surface area contributed by atoms with Crippen molar-refractivity contribution < 1.29 is 20.4 Å². The van der Waals surface area contributed by atoms with Gasteiger partial charge in [-0.3, -0.25) is 0 Å². The van der Waals surface area contributed by atoms with E-state index in [1.807, 2.05) is 0 Å². The zero-order chi connectivity index (χ0) is 3.54. The van der Waals surface area contributed by atoms with Gasteiger partial charge in [-0.05, 0) is 6.42 Å². The van der Waals surface area contributed by atoms with E-state index in [-0.39, 0.29) is 20.4 Å². The number of hydrogen-bond donors (Lipinski definition) is 0. The number of rotatable bonds is 0. The van der Waals surface area contributed by atoms with Crippen LogP contribution in [0.3, 0.4) is 0 Å². The molecule has 39 valence electrons. The predicted octanol–water partition coefficient (Wildman–Crippen LogP) is 1.76. The normalized spacial score (nSPS) is 20.0. The van der Waals surface area contributed by atoms with Crippen LogP contribution in [0.5, 0.6) is 0 Å². The smallest absolute Gasteiger partial charge is 0 e. The Hall–Kier alpha value is 0.662. The summed E-state index contributed by atoms with van der Waals surface area (Å²) in [4.78, 5) is 0. The predicted molar refractivity (Wildman–Crippen MR) is 22.8 cm³/mol. The largest absolute Gasteiger partial charge is 0.0530 e. The maximum Gasteiger partial charge on any atom is 0 e. The molecule has 0 nitrogen and oxygen atoms in total. The van der Waals surface area contributed by atoms with Crippen LogP contribution in [0.2, 0.25) is 0 Å². The molecule has 0 saturated heterocycles. The first-order chi connectivity index (χ1) is 2.50. The Morgan fingerprint density at radius 2 is 1.50 bits per heavy atom. The summed E-state index contributed by atoms with van der Waals surface area (Å²) in [6, 6.07) is 0. The average Bonchev–Trinajstić information content (AvgIpc) is 1.76. The van der Waals surface area contributed by atoms with Crippen LogP contribution in [0.4, 0.5) is 0 Å². The van der Waals surface area contributed by atoms with Crippen molar-refractivity contribution in [2.45, 2.75) is 25.7 Å². The first-order valence-corrected chi connectivity index (χ1v) is 2.32. The maximum absolute atomic E-state index is 2.36. The Morgan fingerprint density at radius 3 is 1.67 bits per heavy atom. The van der Waals surface area contributed by atoms with Crippen LogP contribution in [-0.2, 0) is 20.4 Å². The maximum atomic E-state index is 2.36. The third-order valence-electron chi connectivity index (χ3n) is 1.07. The Morgan fingerprint density at radius 1 is 1.00 bits per heavy atom. The fourth-order valence-corrected chi connectivity index (χ4v) is 0.722. The van der Waals surface area contributed by atoms with Crippen LogP contribution in [0, 0.1) is 6.42 Å². The third-order valence-corrected chi connectivity index (χ3v) is 1.07. The molecule has 0 aromatic rings. The van der Waals surface area contributed by atoms with Gasteiger partial charge in [0.15, 0.2) is 0 Å². The summed E-state index contributed by atoms with van der Waals surface area (Å²) in [5.41, 5.74) is 0. The fraction of sp³-hybridized carbons (Fsp3) is 0.800. The van der Waals surface area contributed by atoms with E-state index in [9.17, 15) is 0 Å². The summed E-state index contributed by atoms with van der Waals surface area (Å²) >= 11 is 0. The molecule has 0 spiro atoms. The molecule has 1 fully saturated rings. The topological polar surface area (TPSA) is 0 Å². The Kier molecular flexibility index (Phi) is 4.26. The van der Waals surface area contributed by atoms with E-state index in [0.29, 0.717) is 0 Å². The summed E-state index contributed by atoms with van der Waals surface area (Å²) in [5.74, 6) is 0. The van der Waals surface area contributed by atoms with Crippen molar-refractivity contribution in [1.82, 2.24) is 0 Å². The van der Waals surface area contributed by atoms with Crippen LogP contribution in [0.15, 0.2) is 0 Å². The first kappa shape index (κ1) is 6.66. The molecule has 0 amide bonds. The van der Waals surface area contributed by atoms with E-state index < -0.39 is 0 Å². The van der Waals surface area contributed by atoms with Crippen LogP contribution < -0.4 is 0 Å². The van der Waals surface area contributed by atoms with Gasteiger partial charge < -0.3 is 0 Å². The average molecular weight is 176 g/mol. The molecule has 0 aliphatic heterocycles. The molecule has 0 atom stereocenters. The molecule has 0 heterocycles. The SMILES string of the molecule is [CH]1CCCC1.[Pd]. The first-order valence-electron chi connectivity index (χ1n) is 2.32. The van der Waals surface area contributed by atoms with Gasteiger partial charge in [-0.1, -0.05) is 25.7 Å². The molecule has 6 heavy (non-hydrogen) atoms. The van der Waals surface area contributed by atoms with Crippen LogP contribution in [0.1, 0.15) is 25.7 Å². The molecule has 1 saturated carbocycles. The van der Waals surface area contributed by atoms with Crippen molar-refractivity contribution in [2.75, 3.05) is 0 Å². The van der Waals surface area contributed by atoms with E-state index in [4.69, 9.17) is 0 Å². The molecular formula is C5H9Pd. The summed E-state index contributed by atoms with van der Waals surface area (Å²) in [7, 11) is 0. The van der Waals surface area contributed by atoms with Crippen LogP contribution >= 0.6 is 0 Å². The zero-order valence-electron chi connectivity index (χ0n) is 3.72. The van der Waals surface area contributed by atoms with E-state index in [2.05, 4.69) is 6.42 Å². The van der Waals surface area contributed by atoms with Gasteiger partial charge in [-0.15, -0.1) is 0 Å². The van der Waals surface area contributed by atoms with Gasteiger partial charge in [0.25, 0.3) is 0 Å². The fourth-order valence-electron chi connectivity index (χ4n) is 0.722. The molecule has 1 aliphatic rings. The molecule has 1 rings (SSSR count). The molecule has 0 aromatic carbocycles. The van der Waals surface area contributed by atoms with Gasteiger partial charge in [0.05, 0.1) is 0 Å². The van der Waals surface area contributed by atoms with Crippen molar-refractivity contribution in [2.24, 2.45) is 0 Å². The van der Waals surface area contributed by atoms with Gasteiger partial charge >= 0.3 is 0 Å². The second-order valence-electron chi connectivity index (χ2n) is 1.57. The second kappa shape index (κ2) is 3.84. The molecular weight excluding hydrogens is 166 g/mol. The van der Waals surface area contributed by atoms with Crippen molar-refractivity contribution in [3.05, 3.63) is 6.42 Å². The summed E-state index contributed by atoms with van der Waals surface area (Å²) < 4.78 is 0. The molecule has 1 radical (unpaired) electrons. The molecule has 0 unspecified atom stereocenters. The Labute approximate surface area is 53.0 Å². The van der Waals surface area contributed by atoms with Gasteiger partial charge in [0.1, 0.15) is 0 Å². The minimum atomic E-state index is 0. The second-order valence-corrected chi connectivity index (χ2v) is 1.57. The van der Waals surface area contributed by atoms with E-state index in [0.717, 1.165) is 0 Å². The Balaban J connectivity index is 0.000000250. The minimum absolute atomic E-state index is 0. The summed E-state index contributed by atoms with van der Waals surface area (Å²) in [5, 5.41) is 0. The minimum Gasteiger partial charge on any atom is -0.0530 e. The van der Waals surface area contributed by atoms with Gasteiger partial charge in [-0.25, -0.2) is 0 Å². The third kappa shape index (κ3) is 1.95. The van der Waals surface area contributed by atoms with Crippen molar-refractivity contribution in [3.8, 4) is 0 Å². The number of hydrogen-bond acceptors (Lipinski definition) is 0. The monoisotopic (exact) mass is 175 g/mol. The quantitative estimate of drug-likeness (QED) is 0.492. The molecule has 1 aliphatic carbocycles. The molecule has 0 N–H and O–H groups in total. The van der Waals surface area contributed by atoms with Crippen molar-refractivity contribution >= 4 is 0 Å². The van der Waals surface area contributed by atoms with E-state index in [1.54, 1.807) is 0 Å². The van der Waals surface area contributed by atoms with E-state index in [1.165, 1.54) is 25.7 Å². The van der Waals surface area contributed by atoms with Gasteiger partial charge in [0, 0.05) is 20.4 Å². The summed E-state index contributed by atoms with van der Waals surface area (Å²) in [6.45, 7) is 0. The molecule has 0 aromatic heterocycles. The van der Waals surface area contributed by atoms with Gasteiger partial charge in [0.2, 0.25) is 0 Å². The van der Waals surface area contributed by atoms with Crippen molar-refractivity contribution in [1.29, 1.82) is 0 Å². The standard InChI is InChI=1S/C5H9.Pd/c1-2-4-5-3-1;/h1H,2-5H2;. The van der Waals surface area contributed by atoms with Crippen LogP contribution in [0.25, 0.3) is 0 Å². The molecule has 1 heteroatoms.